The molecule has 0 aromatic carbocycles. The van der Waals surface area contributed by atoms with Crippen LogP contribution in [0.4, 0.5) is 16.5 Å². The first kappa shape index (κ1) is 12.7. The second kappa shape index (κ2) is 5.34. The van der Waals surface area contributed by atoms with Crippen LogP contribution in [0.1, 0.15) is 0 Å². The van der Waals surface area contributed by atoms with Crippen LogP contribution in [-0.4, -0.2) is 36.1 Å². The van der Waals surface area contributed by atoms with Crippen LogP contribution in [0.5, 0.6) is 0 Å². The van der Waals surface area contributed by atoms with Gasteiger partial charge in [-0.05, 0) is 15.9 Å². The van der Waals surface area contributed by atoms with Crippen molar-refractivity contribution in [3.05, 3.63) is 28.4 Å². The van der Waals surface area contributed by atoms with Crippen molar-refractivity contribution < 1.29 is 0 Å². The lowest BCUT2D eigenvalue weighted by Gasteiger charge is -2.36. The Kier molecular flexibility index (Phi) is 3.56. The summed E-state index contributed by atoms with van der Waals surface area (Å²) in [6, 6.07) is 0. The summed E-state index contributed by atoms with van der Waals surface area (Å²) in [5.41, 5.74) is 7.79. The fraction of sp³-hybridized carbons (Fsp3) is 0.333. The van der Waals surface area contributed by atoms with Gasteiger partial charge in [-0.3, -0.25) is 4.98 Å². The number of anilines is 3. The van der Waals surface area contributed by atoms with Gasteiger partial charge in [0.2, 0.25) is 0 Å². The monoisotopic (exact) mass is 339 g/mol. The predicted molar refractivity (Wildman–Crippen MR) is 82.9 cm³/mol. The fourth-order valence-corrected chi connectivity index (χ4v) is 3.56. The number of pyridine rings is 1. The number of nitrogen functional groups attached to an aromatic ring is 1. The maximum atomic E-state index is 6.02. The molecule has 0 saturated carbocycles. The smallest absolute Gasteiger partial charge is 0.185 e. The Bertz CT molecular complexity index is 531. The second-order valence-corrected chi connectivity index (χ2v) is 6.08. The van der Waals surface area contributed by atoms with E-state index < -0.39 is 0 Å². The molecule has 0 bridgehead atoms. The highest BCUT2D eigenvalue weighted by Gasteiger charge is 2.21. The third-order valence-corrected chi connectivity index (χ3v) is 4.60. The van der Waals surface area contributed by atoms with E-state index in [1.165, 1.54) is 0 Å². The number of nitrogens with zero attached hydrogens (tertiary/aromatic N) is 4. The zero-order valence-electron chi connectivity index (χ0n) is 10.3. The van der Waals surface area contributed by atoms with E-state index in [1.807, 2.05) is 11.6 Å². The largest absolute Gasteiger partial charge is 0.396 e. The summed E-state index contributed by atoms with van der Waals surface area (Å²) in [7, 11) is 0. The van der Waals surface area contributed by atoms with E-state index in [1.54, 1.807) is 23.7 Å². The average Bonchev–Trinajstić information content (AvgIpc) is 2.93. The van der Waals surface area contributed by atoms with E-state index in [-0.39, 0.29) is 0 Å². The first-order valence-corrected chi connectivity index (χ1v) is 7.71. The molecule has 19 heavy (non-hydrogen) atoms. The molecular weight excluding hydrogens is 326 g/mol. The third kappa shape index (κ3) is 2.52. The molecule has 0 aliphatic carbocycles. The van der Waals surface area contributed by atoms with Gasteiger partial charge in [-0.25, -0.2) is 4.98 Å². The van der Waals surface area contributed by atoms with E-state index in [4.69, 9.17) is 5.73 Å². The highest BCUT2D eigenvalue weighted by Crippen LogP contribution is 2.32. The van der Waals surface area contributed by atoms with Crippen LogP contribution in [0.3, 0.4) is 0 Å². The van der Waals surface area contributed by atoms with Gasteiger partial charge in [0.25, 0.3) is 0 Å². The standard InChI is InChI=1S/C12H14BrN5S/c13-9-7-15-8-10(14)11(9)17-2-4-18(5-3-17)12-16-1-6-19-12/h1,6-8H,2-5,14H2. The van der Waals surface area contributed by atoms with Gasteiger partial charge in [0, 0.05) is 44.0 Å². The third-order valence-electron chi connectivity index (χ3n) is 3.19. The van der Waals surface area contributed by atoms with Crippen LogP contribution in [0.15, 0.2) is 28.4 Å². The molecule has 7 heteroatoms. The van der Waals surface area contributed by atoms with Crippen molar-refractivity contribution >= 4 is 43.8 Å². The molecule has 2 aromatic rings. The molecule has 0 atom stereocenters. The zero-order chi connectivity index (χ0) is 13.2. The van der Waals surface area contributed by atoms with E-state index in [2.05, 4.69) is 35.7 Å². The van der Waals surface area contributed by atoms with Crippen LogP contribution in [0, 0.1) is 0 Å². The lowest BCUT2D eigenvalue weighted by molar-refractivity contribution is 0.651. The van der Waals surface area contributed by atoms with Gasteiger partial charge >= 0.3 is 0 Å². The van der Waals surface area contributed by atoms with Crippen LogP contribution in [0.2, 0.25) is 0 Å². The number of thiazole rings is 1. The fourth-order valence-electron chi connectivity index (χ4n) is 2.27. The van der Waals surface area contributed by atoms with Crippen molar-refractivity contribution in [1.29, 1.82) is 0 Å². The van der Waals surface area contributed by atoms with Crippen molar-refractivity contribution in [1.82, 2.24) is 9.97 Å². The Balaban J connectivity index is 1.74. The molecular formula is C12H14BrN5S. The van der Waals surface area contributed by atoms with Crippen LogP contribution < -0.4 is 15.5 Å². The molecule has 1 saturated heterocycles. The maximum Gasteiger partial charge on any atom is 0.185 e. The number of rotatable bonds is 2. The van der Waals surface area contributed by atoms with Crippen LogP contribution in [-0.2, 0) is 0 Å². The van der Waals surface area contributed by atoms with Gasteiger partial charge in [-0.15, -0.1) is 11.3 Å². The van der Waals surface area contributed by atoms with Gasteiger partial charge in [-0.1, -0.05) is 0 Å². The summed E-state index contributed by atoms with van der Waals surface area (Å²) in [5, 5.41) is 3.11. The lowest BCUT2D eigenvalue weighted by Crippen LogP contribution is -2.46. The van der Waals surface area contributed by atoms with E-state index in [9.17, 15) is 0 Å². The molecule has 0 amide bonds. The molecule has 2 N–H and O–H groups in total. The summed E-state index contributed by atoms with van der Waals surface area (Å²) >= 11 is 5.21. The highest BCUT2D eigenvalue weighted by molar-refractivity contribution is 9.10. The molecule has 2 aromatic heterocycles. The summed E-state index contributed by atoms with van der Waals surface area (Å²) in [6.45, 7) is 3.79. The lowest BCUT2D eigenvalue weighted by atomic mass is 10.2. The topological polar surface area (TPSA) is 58.3 Å². The SMILES string of the molecule is Nc1cncc(Br)c1N1CCN(c2nccs2)CC1. The van der Waals surface area contributed by atoms with Gasteiger partial charge in [0.15, 0.2) is 5.13 Å². The molecule has 0 unspecified atom stereocenters. The number of aromatic nitrogens is 2. The second-order valence-electron chi connectivity index (χ2n) is 4.35. The van der Waals surface area contributed by atoms with Crippen molar-refractivity contribution in [3.63, 3.8) is 0 Å². The number of nitrogens with two attached hydrogens (primary N) is 1. The molecule has 0 radical (unpaired) electrons. The minimum atomic E-state index is 0.720. The Morgan fingerprint density at radius 2 is 1.89 bits per heavy atom. The molecule has 100 valence electrons. The molecule has 5 nitrogen and oxygen atoms in total. The van der Waals surface area contributed by atoms with Crippen LogP contribution in [0.25, 0.3) is 0 Å². The minimum absolute atomic E-state index is 0.720. The molecule has 3 rings (SSSR count). The Morgan fingerprint density at radius 3 is 2.53 bits per heavy atom. The van der Waals surface area contributed by atoms with Gasteiger partial charge in [0.1, 0.15) is 0 Å². The Hall–Kier alpha value is -1.34. The molecule has 3 heterocycles. The van der Waals surface area contributed by atoms with Gasteiger partial charge in [0.05, 0.1) is 22.0 Å². The summed E-state index contributed by atoms with van der Waals surface area (Å²) in [6.07, 6.45) is 5.34. The van der Waals surface area contributed by atoms with Gasteiger partial charge in [-0.2, -0.15) is 0 Å². The summed E-state index contributed by atoms with van der Waals surface area (Å²) in [5.74, 6) is 0. The molecule has 0 spiro atoms. The average molecular weight is 340 g/mol. The van der Waals surface area contributed by atoms with Crippen molar-refractivity contribution in [2.75, 3.05) is 41.7 Å². The Labute approximate surface area is 124 Å². The number of hydrogen-bond donors (Lipinski definition) is 1. The Morgan fingerprint density at radius 1 is 1.16 bits per heavy atom. The predicted octanol–water partition coefficient (Wildman–Crippen LogP) is 2.21. The first-order valence-electron chi connectivity index (χ1n) is 6.04. The van der Waals surface area contributed by atoms with E-state index in [0.717, 1.165) is 47.2 Å². The van der Waals surface area contributed by atoms with Crippen molar-refractivity contribution in [2.45, 2.75) is 0 Å². The molecule has 1 aliphatic rings. The number of piperazine rings is 1. The normalized spacial score (nSPS) is 15.8. The molecule has 1 fully saturated rings. The number of hydrogen-bond acceptors (Lipinski definition) is 6. The number of halogens is 1. The maximum absolute atomic E-state index is 6.02. The minimum Gasteiger partial charge on any atom is -0.396 e. The zero-order valence-corrected chi connectivity index (χ0v) is 12.7. The van der Waals surface area contributed by atoms with Crippen molar-refractivity contribution in [3.8, 4) is 0 Å². The quantitative estimate of drug-likeness (QED) is 0.908. The molecule has 1 aliphatic heterocycles. The van der Waals surface area contributed by atoms with E-state index >= 15 is 0 Å². The van der Waals surface area contributed by atoms with Gasteiger partial charge < -0.3 is 15.5 Å². The van der Waals surface area contributed by atoms with Crippen LogP contribution >= 0.6 is 27.3 Å². The summed E-state index contributed by atoms with van der Waals surface area (Å²) in [4.78, 5) is 13.0. The van der Waals surface area contributed by atoms with Crippen molar-refractivity contribution in [2.24, 2.45) is 0 Å². The highest BCUT2D eigenvalue weighted by atomic mass is 79.9. The van der Waals surface area contributed by atoms with E-state index in [0.29, 0.717) is 0 Å². The first-order chi connectivity index (χ1) is 9.25. The summed E-state index contributed by atoms with van der Waals surface area (Å²) < 4.78 is 0.954.